The first kappa shape index (κ1) is 12.0. The molecule has 1 aromatic rings. The number of alkyl halides is 3. The number of nitrogens with two attached hydrogens (primary N) is 1. The maximum Gasteiger partial charge on any atom is 0.412 e. The topological polar surface area (TPSA) is 43.8 Å². The Morgan fingerprint density at radius 2 is 2.07 bits per heavy atom. The lowest BCUT2D eigenvalue weighted by Crippen LogP contribution is -2.33. The second-order valence-corrected chi connectivity index (χ2v) is 3.70. The van der Waals surface area contributed by atoms with E-state index in [1.165, 1.54) is 12.4 Å². The molecule has 2 N–H and O–H groups in total. The summed E-state index contributed by atoms with van der Waals surface area (Å²) in [6, 6.07) is -1.73. The SMILES string of the molecule is CC(C)c1cnn(C(CN)C(F)(F)F)c1. The normalized spacial score (nSPS) is 14.6. The van der Waals surface area contributed by atoms with Gasteiger partial charge in [-0.1, -0.05) is 13.8 Å². The summed E-state index contributed by atoms with van der Waals surface area (Å²) in [5.74, 6) is 0.158. The van der Waals surface area contributed by atoms with Crippen molar-refractivity contribution in [3.63, 3.8) is 0 Å². The predicted octanol–water partition coefficient (Wildman–Crippen LogP) is 2.07. The summed E-state index contributed by atoms with van der Waals surface area (Å²) in [5.41, 5.74) is 5.87. The molecule has 0 saturated heterocycles. The molecular weight excluding hydrogens is 207 g/mol. The van der Waals surface area contributed by atoms with Crippen molar-refractivity contribution in [1.82, 2.24) is 9.78 Å². The minimum atomic E-state index is -4.35. The molecule has 86 valence electrons. The van der Waals surface area contributed by atoms with Crippen LogP contribution in [0.2, 0.25) is 0 Å². The van der Waals surface area contributed by atoms with Crippen LogP contribution in [0.15, 0.2) is 12.4 Å². The molecule has 0 amide bonds. The quantitative estimate of drug-likeness (QED) is 0.849. The number of halogens is 3. The van der Waals surface area contributed by atoms with E-state index in [2.05, 4.69) is 5.10 Å². The standard InChI is InChI=1S/C9H14F3N3/c1-6(2)7-4-14-15(5-7)8(3-13)9(10,11)12/h4-6,8H,3,13H2,1-2H3. The first-order chi connectivity index (χ1) is 6.86. The van der Waals surface area contributed by atoms with E-state index in [1.807, 2.05) is 13.8 Å². The average Bonchev–Trinajstić information content (AvgIpc) is 2.51. The lowest BCUT2D eigenvalue weighted by Gasteiger charge is -2.18. The first-order valence-electron chi connectivity index (χ1n) is 4.67. The molecule has 0 aliphatic carbocycles. The molecule has 0 bridgehead atoms. The van der Waals surface area contributed by atoms with Gasteiger partial charge >= 0.3 is 6.18 Å². The van der Waals surface area contributed by atoms with Gasteiger partial charge in [-0.2, -0.15) is 18.3 Å². The molecule has 0 aliphatic rings. The van der Waals surface area contributed by atoms with Crippen LogP contribution in [0.4, 0.5) is 13.2 Å². The Morgan fingerprint density at radius 1 is 1.47 bits per heavy atom. The minimum absolute atomic E-state index is 0.158. The van der Waals surface area contributed by atoms with E-state index in [0.29, 0.717) is 0 Å². The molecule has 0 radical (unpaired) electrons. The van der Waals surface area contributed by atoms with Gasteiger partial charge in [-0.25, -0.2) is 0 Å². The number of hydrogen-bond donors (Lipinski definition) is 1. The highest BCUT2D eigenvalue weighted by atomic mass is 19.4. The van der Waals surface area contributed by atoms with Gasteiger partial charge in [0.2, 0.25) is 0 Å². The molecule has 0 aromatic carbocycles. The van der Waals surface area contributed by atoms with E-state index in [4.69, 9.17) is 5.73 Å². The second-order valence-electron chi connectivity index (χ2n) is 3.70. The van der Waals surface area contributed by atoms with Crippen molar-refractivity contribution >= 4 is 0 Å². The zero-order chi connectivity index (χ0) is 11.6. The third-order valence-corrected chi connectivity index (χ3v) is 2.21. The van der Waals surface area contributed by atoms with Gasteiger partial charge in [-0.15, -0.1) is 0 Å². The predicted molar refractivity (Wildman–Crippen MR) is 50.5 cm³/mol. The molecule has 6 heteroatoms. The molecule has 3 nitrogen and oxygen atoms in total. The van der Waals surface area contributed by atoms with E-state index >= 15 is 0 Å². The van der Waals surface area contributed by atoms with Crippen LogP contribution in [0.5, 0.6) is 0 Å². The number of aromatic nitrogens is 2. The lowest BCUT2D eigenvalue weighted by molar-refractivity contribution is -0.167. The summed E-state index contributed by atoms with van der Waals surface area (Å²) < 4.78 is 38.3. The molecule has 0 fully saturated rings. The Labute approximate surface area is 86.1 Å². The summed E-state index contributed by atoms with van der Waals surface area (Å²) in [7, 11) is 0. The summed E-state index contributed by atoms with van der Waals surface area (Å²) in [4.78, 5) is 0. The Hall–Kier alpha value is -1.04. The molecular formula is C9H14F3N3. The fraction of sp³-hybridized carbons (Fsp3) is 0.667. The fourth-order valence-corrected chi connectivity index (χ4v) is 1.21. The van der Waals surface area contributed by atoms with Crippen LogP contribution in [0.3, 0.4) is 0 Å². The van der Waals surface area contributed by atoms with Crippen LogP contribution < -0.4 is 5.73 Å². The number of nitrogens with zero attached hydrogens (tertiary/aromatic N) is 2. The van der Waals surface area contributed by atoms with E-state index in [9.17, 15) is 13.2 Å². The van der Waals surface area contributed by atoms with Crippen molar-refractivity contribution in [3.05, 3.63) is 18.0 Å². The second kappa shape index (κ2) is 4.22. The van der Waals surface area contributed by atoms with E-state index in [-0.39, 0.29) is 5.92 Å². The van der Waals surface area contributed by atoms with Crippen molar-refractivity contribution in [2.24, 2.45) is 5.73 Å². The average molecular weight is 221 g/mol. The Bertz CT molecular complexity index is 317. The van der Waals surface area contributed by atoms with E-state index in [0.717, 1.165) is 10.2 Å². The zero-order valence-corrected chi connectivity index (χ0v) is 8.62. The zero-order valence-electron chi connectivity index (χ0n) is 8.62. The smallest absolute Gasteiger partial charge is 0.328 e. The molecule has 15 heavy (non-hydrogen) atoms. The third kappa shape index (κ3) is 2.71. The van der Waals surface area contributed by atoms with Crippen molar-refractivity contribution in [3.8, 4) is 0 Å². The van der Waals surface area contributed by atoms with Gasteiger partial charge < -0.3 is 5.73 Å². The molecule has 1 aromatic heterocycles. The van der Waals surface area contributed by atoms with Crippen LogP contribution in [0, 0.1) is 0 Å². The number of hydrogen-bond acceptors (Lipinski definition) is 2. The molecule has 1 unspecified atom stereocenters. The third-order valence-electron chi connectivity index (χ3n) is 2.21. The summed E-state index contributed by atoms with van der Waals surface area (Å²) >= 11 is 0. The Morgan fingerprint density at radius 3 is 2.40 bits per heavy atom. The van der Waals surface area contributed by atoms with Gasteiger partial charge in [0.15, 0.2) is 6.04 Å². The molecule has 0 spiro atoms. The van der Waals surface area contributed by atoms with E-state index in [1.54, 1.807) is 0 Å². The maximum absolute atomic E-state index is 12.5. The van der Waals surface area contributed by atoms with E-state index < -0.39 is 18.8 Å². The van der Waals surface area contributed by atoms with Crippen LogP contribution in [-0.4, -0.2) is 22.5 Å². The van der Waals surface area contributed by atoms with Crippen LogP contribution in [0.25, 0.3) is 0 Å². The first-order valence-corrected chi connectivity index (χ1v) is 4.67. The highest BCUT2D eigenvalue weighted by molar-refractivity contribution is 5.09. The summed E-state index contributed by atoms with van der Waals surface area (Å²) in [5, 5.41) is 3.69. The molecule has 1 heterocycles. The van der Waals surface area contributed by atoms with Gasteiger partial charge in [0.1, 0.15) is 0 Å². The number of rotatable bonds is 3. The largest absolute Gasteiger partial charge is 0.412 e. The summed E-state index contributed by atoms with van der Waals surface area (Å²) in [6.07, 6.45) is -1.51. The van der Waals surface area contributed by atoms with Crippen molar-refractivity contribution in [2.45, 2.75) is 32.0 Å². The van der Waals surface area contributed by atoms with Gasteiger partial charge in [0.05, 0.1) is 6.20 Å². The lowest BCUT2D eigenvalue weighted by atomic mass is 10.1. The molecule has 1 atom stereocenters. The highest BCUT2D eigenvalue weighted by Crippen LogP contribution is 2.29. The minimum Gasteiger partial charge on any atom is -0.328 e. The van der Waals surface area contributed by atoms with Gasteiger partial charge in [0.25, 0.3) is 0 Å². The molecule has 0 saturated carbocycles. The van der Waals surface area contributed by atoms with Crippen molar-refractivity contribution in [2.75, 3.05) is 6.54 Å². The Kier molecular flexibility index (Phi) is 3.38. The van der Waals surface area contributed by atoms with Crippen molar-refractivity contribution in [1.29, 1.82) is 0 Å². The van der Waals surface area contributed by atoms with Gasteiger partial charge in [0, 0.05) is 12.7 Å². The van der Waals surface area contributed by atoms with Crippen molar-refractivity contribution < 1.29 is 13.2 Å². The maximum atomic E-state index is 12.5. The Balaban J connectivity index is 2.93. The monoisotopic (exact) mass is 221 g/mol. The molecule has 1 rings (SSSR count). The van der Waals surface area contributed by atoms with Crippen LogP contribution in [0.1, 0.15) is 31.4 Å². The van der Waals surface area contributed by atoms with Gasteiger partial charge in [-0.05, 0) is 11.5 Å². The van der Waals surface area contributed by atoms with Crippen LogP contribution >= 0.6 is 0 Å². The summed E-state index contributed by atoms with van der Waals surface area (Å²) in [6.45, 7) is 3.29. The van der Waals surface area contributed by atoms with Crippen LogP contribution in [-0.2, 0) is 0 Å². The highest BCUT2D eigenvalue weighted by Gasteiger charge is 2.40. The molecule has 0 aliphatic heterocycles. The fourth-order valence-electron chi connectivity index (χ4n) is 1.21. The van der Waals surface area contributed by atoms with Gasteiger partial charge in [-0.3, -0.25) is 4.68 Å².